The van der Waals surface area contributed by atoms with Crippen molar-refractivity contribution in [1.82, 2.24) is 4.98 Å². The molecule has 0 unspecified atom stereocenters. The maximum atomic E-state index is 6.09. The van der Waals surface area contributed by atoms with Gasteiger partial charge < -0.3 is 5.73 Å². The third kappa shape index (κ3) is 2.15. The van der Waals surface area contributed by atoms with E-state index in [0.717, 1.165) is 17.0 Å². The Bertz CT molecular complexity index is 481. The molecule has 2 nitrogen and oxygen atoms in total. The molecule has 84 valence electrons. The van der Waals surface area contributed by atoms with Crippen LogP contribution in [0, 0.1) is 6.92 Å². The highest BCUT2D eigenvalue weighted by Crippen LogP contribution is 2.26. The van der Waals surface area contributed by atoms with Gasteiger partial charge in [0, 0.05) is 11.2 Å². The van der Waals surface area contributed by atoms with Crippen molar-refractivity contribution < 1.29 is 0 Å². The molecule has 2 rings (SSSR count). The van der Waals surface area contributed by atoms with Gasteiger partial charge in [-0.3, -0.25) is 4.98 Å². The van der Waals surface area contributed by atoms with Crippen LogP contribution in [0.15, 0.2) is 29.6 Å². The van der Waals surface area contributed by atoms with Gasteiger partial charge in [0.1, 0.15) is 0 Å². The number of hydrogen-bond acceptors (Lipinski definition) is 3. The molecule has 0 saturated carbocycles. The molecule has 0 radical (unpaired) electrons. The van der Waals surface area contributed by atoms with Gasteiger partial charge in [0.15, 0.2) is 0 Å². The summed E-state index contributed by atoms with van der Waals surface area (Å²) in [7, 11) is 0. The summed E-state index contributed by atoms with van der Waals surface area (Å²) in [5.41, 5.74) is 8.91. The van der Waals surface area contributed by atoms with Gasteiger partial charge in [-0.25, -0.2) is 0 Å². The summed E-state index contributed by atoms with van der Waals surface area (Å²) < 4.78 is 0. The highest BCUT2D eigenvalue weighted by molar-refractivity contribution is 7.13. The molecule has 0 aliphatic rings. The molecule has 16 heavy (non-hydrogen) atoms. The average Bonchev–Trinajstić information content (AvgIpc) is 2.68. The highest BCUT2D eigenvalue weighted by atomic mass is 32.1. The van der Waals surface area contributed by atoms with Crippen molar-refractivity contribution in [3.8, 4) is 10.6 Å². The molecule has 2 heterocycles. The SMILES string of the molecule is Cc1nc(-c2cccs2)ccc1C(C)(C)N. The van der Waals surface area contributed by atoms with Gasteiger partial charge in [-0.2, -0.15) is 0 Å². The molecule has 0 aliphatic heterocycles. The Morgan fingerprint density at radius 2 is 2.00 bits per heavy atom. The third-order valence-electron chi connectivity index (χ3n) is 2.55. The van der Waals surface area contributed by atoms with Crippen LogP contribution in [0.3, 0.4) is 0 Å². The summed E-state index contributed by atoms with van der Waals surface area (Å²) in [5.74, 6) is 0. The van der Waals surface area contributed by atoms with Crippen molar-refractivity contribution in [2.24, 2.45) is 5.73 Å². The van der Waals surface area contributed by atoms with Gasteiger partial charge in [0.25, 0.3) is 0 Å². The van der Waals surface area contributed by atoms with Crippen LogP contribution in [0.2, 0.25) is 0 Å². The van der Waals surface area contributed by atoms with Gasteiger partial charge >= 0.3 is 0 Å². The lowest BCUT2D eigenvalue weighted by Crippen LogP contribution is -2.29. The lowest BCUT2D eigenvalue weighted by Gasteiger charge is -2.21. The second kappa shape index (κ2) is 4.00. The summed E-state index contributed by atoms with van der Waals surface area (Å²) in [6.45, 7) is 6.02. The van der Waals surface area contributed by atoms with Crippen LogP contribution in [-0.4, -0.2) is 4.98 Å². The van der Waals surface area contributed by atoms with E-state index in [9.17, 15) is 0 Å². The number of aromatic nitrogens is 1. The first-order valence-electron chi connectivity index (χ1n) is 5.29. The Kier molecular flexibility index (Phi) is 2.82. The van der Waals surface area contributed by atoms with Crippen LogP contribution in [-0.2, 0) is 5.54 Å². The topological polar surface area (TPSA) is 38.9 Å². The van der Waals surface area contributed by atoms with E-state index in [1.54, 1.807) is 11.3 Å². The van der Waals surface area contributed by atoms with E-state index in [1.807, 2.05) is 32.9 Å². The summed E-state index contributed by atoms with van der Waals surface area (Å²) >= 11 is 1.70. The van der Waals surface area contributed by atoms with Crippen molar-refractivity contribution in [1.29, 1.82) is 0 Å². The predicted molar refractivity (Wildman–Crippen MR) is 69.5 cm³/mol. The van der Waals surface area contributed by atoms with Gasteiger partial charge in [-0.15, -0.1) is 11.3 Å². The first kappa shape index (κ1) is 11.3. The zero-order valence-electron chi connectivity index (χ0n) is 9.82. The normalized spacial score (nSPS) is 11.8. The molecule has 0 amide bonds. The monoisotopic (exact) mass is 232 g/mol. The fraction of sp³-hybridized carbons (Fsp3) is 0.308. The quantitative estimate of drug-likeness (QED) is 0.862. The minimum atomic E-state index is -0.328. The molecular weight excluding hydrogens is 216 g/mol. The average molecular weight is 232 g/mol. The number of thiophene rings is 1. The van der Waals surface area contributed by atoms with Crippen LogP contribution in [0.5, 0.6) is 0 Å². The Balaban J connectivity index is 2.45. The number of rotatable bonds is 2. The molecule has 0 fully saturated rings. The second-order valence-electron chi connectivity index (χ2n) is 4.53. The molecule has 2 aromatic rings. The van der Waals surface area contributed by atoms with Crippen LogP contribution in [0.25, 0.3) is 10.6 Å². The third-order valence-corrected chi connectivity index (χ3v) is 3.45. The standard InChI is InChI=1S/C13H16N2S/c1-9-10(13(2,3)14)6-7-11(15-9)12-5-4-8-16-12/h4-8H,14H2,1-3H3. The number of hydrogen-bond donors (Lipinski definition) is 1. The minimum absolute atomic E-state index is 0.328. The molecule has 3 heteroatoms. The van der Waals surface area contributed by atoms with Gasteiger partial charge in [-0.05, 0) is 43.8 Å². The maximum absolute atomic E-state index is 6.09. The number of nitrogens with two attached hydrogens (primary N) is 1. The van der Waals surface area contributed by atoms with Crippen LogP contribution < -0.4 is 5.73 Å². The van der Waals surface area contributed by atoms with Crippen molar-refractivity contribution in [3.63, 3.8) is 0 Å². The van der Waals surface area contributed by atoms with Gasteiger partial charge in [-0.1, -0.05) is 12.1 Å². The lowest BCUT2D eigenvalue weighted by molar-refractivity contribution is 0.548. The van der Waals surface area contributed by atoms with E-state index < -0.39 is 0 Å². The summed E-state index contributed by atoms with van der Waals surface area (Å²) in [4.78, 5) is 5.81. The highest BCUT2D eigenvalue weighted by Gasteiger charge is 2.17. The van der Waals surface area contributed by atoms with Crippen molar-refractivity contribution in [2.45, 2.75) is 26.3 Å². The van der Waals surface area contributed by atoms with Crippen molar-refractivity contribution >= 4 is 11.3 Å². The van der Waals surface area contributed by atoms with Crippen LogP contribution in [0.4, 0.5) is 0 Å². The molecule has 0 aromatic carbocycles. The van der Waals surface area contributed by atoms with Crippen LogP contribution in [0.1, 0.15) is 25.1 Å². The van der Waals surface area contributed by atoms with Gasteiger partial charge in [0.2, 0.25) is 0 Å². The van der Waals surface area contributed by atoms with E-state index in [0.29, 0.717) is 0 Å². The summed E-state index contributed by atoms with van der Waals surface area (Å²) in [5, 5.41) is 2.06. The van der Waals surface area contributed by atoms with E-state index in [1.165, 1.54) is 4.88 Å². The Morgan fingerprint density at radius 3 is 2.50 bits per heavy atom. The minimum Gasteiger partial charge on any atom is -0.322 e. The van der Waals surface area contributed by atoms with Gasteiger partial charge in [0.05, 0.1) is 10.6 Å². The molecule has 2 N–H and O–H groups in total. The fourth-order valence-corrected chi connectivity index (χ4v) is 2.50. The summed E-state index contributed by atoms with van der Waals surface area (Å²) in [6, 6.07) is 8.25. The molecule has 0 spiro atoms. The second-order valence-corrected chi connectivity index (χ2v) is 5.48. The Morgan fingerprint density at radius 1 is 1.25 bits per heavy atom. The number of aryl methyl sites for hydroxylation is 1. The molecule has 0 saturated heterocycles. The Labute approximate surface area is 100 Å². The lowest BCUT2D eigenvalue weighted by atomic mass is 9.94. The largest absolute Gasteiger partial charge is 0.322 e. The first-order chi connectivity index (χ1) is 7.48. The molecular formula is C13H16N2S. The number of pyridine rings is 1. The number of nitrogens with zero attached hydrogens (tertiary/aromatic N) is 1. The van der Waals surface area contributed by atoms with Crippen molar-refractivity contribution in [2.75, 3.05) is 0 Å². The predicted octanol–water partition coefficient (Wildman–Crippen LogP) is 3.31. The van der Waals surface area contributed by atoms with Crippen LogP contribution >= 0.6 is 11.3 Å². The zero-order valence-corrected chi connectivity index (χ0v) is 10.6. The summed E-state index contributed by atoms with van der Waals surface area (Å²) in [6.07, 6.45) is 0. The van der Waals surface area contributed by atoms with E-state index in [-0.39, 0.29) is 5.54 Å². The first-order valence-corrected chi connectivity index (χ1v) is 6.17. The van der Waals surface area contributed by atoms with E-state index in [4.69, 9.17) is 5.73 Å². The molecule has 0 bridgehead atoms. The van der Waals surface area contributed by atoms with E-state index >= 15 is 0 Å². The smallest absolute Gasteiger partial charge is 0.0805 e. The van der Waals surface area contributed by atoms with Crippen molar-refractivity contribution in [3.05, 3.63) is 40.9 Å². The Hall–Kier alpha value is -1.19. The fourth-order valence-electron chi connectivity index (χ4n) is 1.80. The molecule has 0 aliphatic carbocycles. The maximum Gasteiger partial charge on any atom is 0.0805 e. The molecule has 0 atom stereocenters. The van der Waals surface area contributed by atoms with E-state index in [2.05, 4.69) is 22.5 Å². The zero-order chi connectivity index (χ0) is 11.8. The molecule has 2 aromatic heterocycles.